The molecule has 15 heteroatoms. The maximum atomic E-state index is 13.5. The maximum absolute atomic E-state index is 13.5. The highest BCUT2D eigenvalue weighted by molar-refractivity contribution is 7.94. The van der Waals surface area contributed by atoms with Crippen LogP contribution in [-0.4, -0.2) is 98.9 Å². The molecule has 6 atom stereocenters. The zero-order valence-electron chi connectivity index (χ0n) is 28.7. The van der Waals surface area contributed by atoms with Crippen molar-refractivity contribution in [2.45, 2.75) is 91.1 Å². The van der Waals surface area contributed by atoms with Crippen LogP contribution >= 0.6 is 11.3 Å². The van der Waals surface area contributed by atoms with Crippen LogP contribution in [0, 0.1) is 11.8 Å². The van der Waals surface area contributed by atoms with E-state index < -0.39 is 44.4 Å². The summed E-state index contributed by atoms with van der Waals surface area (Å²) in [6.07, 6.45) is 9.27. The van der Waals surface area contributed by atoms with Gasteiger partial charge in [-0.2, -0.15) is 4.31 Å². The number of fused-ring (bicyclic) bond motifs is 1. The predicted molar refractivity (Wildman–Crippen MR) is 192 cm³/mol. The lowest BCUT2D eigenvalue weighted by Crippen LogP contribution is -2.47. The van der Waals surface area contributed by atoms with E-state index >= 15 is 0 Å². The van der Waals surface area contributed by atoms with E-state index in [4.69, 9.17) is 9.88 Å². The number of sulfonamides is 2. The molecule has 4 rings (SSSR count). The highest BCUT2D eigenvalue weighted by Crippen LogP contribution is 2.42. The number of primary sulfonamides is 1. The number of unbranched alkanes of at least 4 members (excludes halogenated alkanes) is 1. The molecule has 1 aliphatic heterocycles. The molecule has 1 aliphatic carbocycles. The predicted octanol–water partition coefficient (Wildman–Crippen LogP) is 3.35. The average molecular weight is 754 g/mol. The Morgan fingerprint density at radius 3 is 2.60 bits per heavy atom. The van der Waals surface area contributed by atoms with Crippen LogP contribution in [0.25, 0.3) is 0 Å². The van der Waals surface area contributed by atoms with E-state index in [1.807, 2.05) is 48.6 Å². The van der Waals surface area contributed by atoms with Crippen molar-refractivity contribution in [3.63, 3.8) is 0 Å². The molecule has 5 N–H and O–H groups in total. The van der Waals surface area contributed by atoms with E-state index in [-0.39, 0.29) is 57.7 Å². The number of aliphatic hydroxyl groups is 3. The van der Waals surface area contributed by atoms with Crippen LogP contribution in [0.2, 0.25) is 0 Å². The lowest BCUT2D eigenvalue weighted by molar-refractivity contribution is -0.134. The first-order valence-corrected chi connectivity index (χ1v) is 20.9. The number of amides is 1. The van der Waals surface area contributed by atoms with Crippen molar-refractivity contribution in [2.24, 2.45) is 17.0 Å². The molecular weight excluding hydrogens is 703 g/mol. The highest BCUT2D eigenvalue weighted by Gasteiger charge is 2.43. The molecule has 2 heterocycles. The molecule has 2 aromatic rings. The first kappa shape index (κ1) is 40.3. The zero-order valence-corrected chi connectivity index (χ0v) is 31.2. The van der Waals surface area contributed by atoms with Crippen LogP contribution in [0.3, 0.4) is 0 Å². The van der Waals surface area contributed by atoms with Crippen LogP contribution in [0.1, 0.15) is 69.0 Å². The molecule has 2 aliphatic rings. The average Bonchev–Trinajstić information content (AvgIpc) is 3.65. The zero-order chi connectivity index (χ0) is 36.5. The number of methoxy groups -OCH3 is 1. The SMILES string of the molecule is CCN(C(=O)CCC/C=C\C[C@@H]1[C@@H](/C=C/[C@@H](O)CCc2ccccc2)[C@H](O)C[C@@H]1O)[C@H]1CN(CCCOC)S(=O)(=O)c2sc(S(N)(=O)=O)cc21. The number of benzene rings is 1. The lowest BCUT2D eigenvalue weighted by atomic mass is 9.89. The Morgan fingerprint density at radius 2 is 1.92 bits per heavy atom. The molecule has 12 nitrogen and oxygen atoms in total. The normalized spacial score (nSPS) is 24.6. The van der Waals surface area contributed by atoms with Crippen molar-refractivity contribution >= 4 is 37.3 Å². The summed E-state index contributed by atoms with van der Waals surface area (Å²) in [5.74, 6) is -0.667. The van der Waals surface area contributed by atoms with Crippen molar-refractivity contribution in [3.8, 4) is 0 Å². The fourth-order valence-corrected chi connectivity index (χ4v) is 11.1. The first-order valence-electron chi connectivity index (χ1n) is 17.1. The molecule has 1 amide bonds. The summed E-state index contributed by atoms with van der Waals surface area (Å²) in [7, 11) is -6.63. The maximum Gasteiger partial charge on any atom is 0.253 e. The molecule has 50 heavy (non-hydrogen) atoms. The number of aliphatic hydroxyl groups excluding tert-OH is 3. The minimum Gasteiger partial charge on any atom is -0.393 e. The fourth-order valence-electron chi connectivity index (χ4n) is 6.78. The van der Waals surface area contributed by atoms with E-state index in [9.17, 15) is 36.9 Å². The minimum atomic E-state index is -4.16. The van der Waals surface area contributed by atoms with E-state index in [0.717, 1.165) is 12.0 Å². The molecule has 0 spiro atoms. The summed E-state index contributed by atoms with van der Waals surface area (Å²) in [4.78, 5) is 15.1. The molecular formula is C35H51N3O9S3. The Labute approximate surface area is 300 Å². The molecule has 0 radical (unpaired) electrons. The van der Waals surface area contributed by atoms with Crippen LogP contribution in [0.15, 0.2) is 69.1 Å². The molecule has 278 valence electrons. The smallest absolute Gasteiger partial charge is 0.253 e. The second-order valence-electron chi connectivity index (χ2n) is 12.9. The summed E-state index contributed by atoms with van der Waals surface area (Å²) < 4.78 is 57.2. The van der Waals surface area contributed by atoms with E-state index in [0.29, 0.717) is 56.6 Å². The second kappa shape index (κ2) is 18.3. The van der Waals surface area contributed by atoms with Crippen LogP contribution in [-0.2, 0) is 36.0 Å². The fraction of sp³-hybridized carbons (Fsp3) is 0.571. The number of carbonyl (C=O) groups is 1. The third kappa shape index (κ3) is 10.3. The Hall–Kier alpha value is -2.47. The number of rotatable bonds is 18. The van der Waals surface area contributed by atoms with Gasteiger partial charge in [-0.15, -0.1) is 11.3 Å². The quantitative estimate of drug-likeness (QED) is 0.131. The number of aryl methyl sites for hydroxylation is 1. The minimum absolute atomic E-state index is 0.00540. The van der Waals surface area contributed by atoms with Gasteiger partial charge < -0.3 is 25.0 Å². The van der Waals surface area contributed by atoms with Gasteiger partial charge in [0.2, 0.25) is 15.9 Å². The van der Waals surface area contributed by atoms with Crippen molar-refractivity contribution in [1.82, 2.24) is 9.21 Å². The van der Waals surface area contributed by atoms with Gasteiger partial charge in [0.25, 0.3) is 10.0 Å². The third-order valence-electron chi connectivity index (χ3n) is 9.47. The first-order chi connectivity index (χ1) is 23.8. The topological polar surface area (TPSA) is 188 Å². The summed E-state index contributed by atoms with van der Waals surface area (Å²) in [6, 6.07) is 10.5. The van der Waals surface area contributed by atoms with Crippen molar-refractivity contribution in [2.75, 3.05) is 33.4 Å². The van der Waals surface area contributed by atoms with E-state index in [1.54, 1.807) is 17.9 Å². The van der Waals surface area contributed by atoms with Crippen molar-refractivity contribution in [1.29, 1.82) is 0 Å². The van der Waals surface area contributed by atoms with Gasteiger partial charge >= 0.3 is 0 Å². The number of nitrogens with two attached hydrogens (primary N) is 1. The number of nitrogens with zero attached hydrogens (tertiary/aromatic N) is 2. The Morgan fingerprint density at radius 1 is 1.18 bits per heavy atom. The van der Waals surface area contributed by atoms with Crippen molar-refractivity contribution < 1.29 is 41.7 Å². The number of carbonyl (C=O) groups excluding carboxylic acids is 1. The Bertz CT molecular complexity index is 1680. The molecule has 0 saturated heterocycles. The Kier molecular flexibility index (Phi) is 14.8. The summed E-state index contributed by atoms with van der Waals surface area (Å²) in [5.41, 5.74) is 1.41. The number of thiophene rings is 1. The van der Waals surface area contributed by atoms with Crippen LogP contribution < -0.4 is 5.14 Å². The monoisotopic (exact) mass is 753 g/mol. The van der Waals surface area contributed by atoms with Gasteiger partial charge in [0, 0.05) is 57.7 Å². The molecule has 1 aromatic carbocycles. The summed E-state index contributed by atoms with van der Waals surface area (Å²) in [6.45, 7) is 2.59. The summed E-state index contributed by atoms with van der Waals surface area (Å²) in [5, 5.41) is 37.1. The molecule has 1 aromatic heterocycles. The molecule has 0 bridgehead atoms. The van der Waals surface area contributed by atoms with Crippen LogP contribution in [0.4, 0.5) is 0 Å². The number of hydrogen-bond acceptors (Lipinski definition) is 10. The van der Waals surface area contributed by atoms with Gasteiger partial charge in [0.05, 0.1) is 24.4 Å². The lowest BCUT2D eigenvalue weighted by Gasteiger charge is -2.38. The van der Waals surface area contributed by atoms with Crippen molar-refractivity contribution in [3.05, 3.63) is 71.8 Å². The third-order valence-corrected chi connectivity index (χ3v) is 14.4. The van der Waals surface area contributed by atoms with Gasteiger partial charge in [-0.1, -0.05) is 54.6 Å². The standard InChI is InChI=1S/C35H51N3O9S3/c1-3-38(30-24-37(20-11-21-47-2)50(45,46)35-29(30)22-34(48-35)49(36,43)44)33(42)15-10-5-4-9-14-27-28(32(41)23-31(27)40)19-18-26(39)17-16-25-12-7-6-8-13-25/h4,6-9,12-13,18-19,22,26-28,30-32,39-41H,3,5,10-11,14-17,20-21,23-24H2,1-2H3,(H2,36,43,44)/b9-4-,19-18+/t26-,27+,28+,30-,31-,32+/m0/s1. The molecule has 0 unspecified atom stereocenters. The van der Waals surface area contributed by atoms with Gasteiger partial charge in [0.1, 0.15) is 8.42 Å². The highest BCUT2D eigenvalue weighted by atomic mass is 32.3. The number of allylic oxidation sites excluding steroid dienone is 2. The van der Waals surface area contributed by atoms with Gasteiger partial charge in [-0.05, 0) is 63.0 Å². The van der Waals surface area contributed by atoms with Gasteiger partial charge in [-0.25, -0.2) is 22.0 Å². The van der Waals surface area contributed by atoms with E-state index in [2.05, 4.69) is 0 Å². The largest absolute Gasteiger partial charge is 0.393 e. The summed E-state index contributed by atoms with van der Waals surface area (Å²) >= 11 is 0.608. The van der Waals surface area contributed by atoms with Gasteiger partial charge in [-0.3, -0.25) is 4.79 Å². The number of hydrogen-bond donors (Lipinski definition) is 4. The van der Waals surface area contributed by atoms with Gasteiger partial charge in [0.15, 0.2) is 0 Å². The van der Waals surface area contributed by atoms with Crippen LogP contribution in [0.5, 0.6) is 0 Å². The number of ether oxygens (including phenoxy) is 1. The Balaban J connectivity index is 1.34. The second-order valence-corrected chi connectivity index (χ2v) is 17.9. The molecule has 1 fully saturated rings. The molecule has 1 saturated carbocycles. The number of likely N-dealkylation sites (N-methyl/N-ethyl adjacent to an activating group) is 1. The van der Waals surface area contributed by atoms with E-state index in [1.165, 1.54) is 17.5 Å².